The van der Waals surface area contributed by atoms with Gasteiger partial charge in [-0.25, -0.2) is 9.78 Å². The first-order chi connectivity index (χ1) is 24.2. The van der Waals surface area contributed by atoms with Crippen LogP contribution in [-0.2, 0) is 20.8 Å². The van der Waals surface area contributed by atoms with Gasteiger partial charge < -0.3 is 36.6 Å². The van der Waals surface area contributed by atoms with E-state index in [4.69, 9.17) is 0 Å². The molecular formula is C37H57N7O6S. The van der Waals surface area contributed by atoms with E-state index in [1.165, 1.54) is 16.2 Å². The van der Waals surface area contributed by atoms with Crippen LogP contribution in [0.3, 0.4) is 0 Å². The number of thiazole rings is 1. The second-order valence-electron chi connectivity index (χ2n) is 14.3. The number of carbonyl (C=O) groups excluding carboxylic acids is 4. The van der Waals surface area contributed by atoms with Crippen LogP contribution in [0.25, 0.3) is 0 Å². The van der Waals surface area contributed by atoms with Gasteiger partial charge in [-0.15, -0.1) is 11.3 Å². The lowest BCUT2D eigenvalue weighted by Gasteiger charge is -2.32. The third-order valence-electron chi connectivity index (χ3n) is 9.52. The van der Waals surface area contributed by atoms with Crippen molar-refractivity contribution in [1.82, 2.24) is 36.5 Å². The van der Waals surface area contributed by atoms with Gasteiger partial charge >= 0.3 is 12.0 Å². The Labute approximate surface area is 306 Å². The molecule has 282 valence electrons. The van der Waals surface area contributed by atoms with Gasteiger partial charge in [-0.1, -0.05) is 77.8 Å². The van der Waals surface area contributed by atoms with Crippen molar-refractivity contribution < 1.29 is 29.1 Å². The summed E-state index contributed by atoms with van der Waals surface area (Å²) in [5, 5.41) is 27.0. The summed E-state index contributed by atoms with van der Waals surface area (Å²) in [6.07, 6.45) is 4.37. The number of carboxylic acids is 1. The first-order valence-corrected chi connectivity index (χ1v) is 18.9. The fourth-order valence-corrected chi connectivity index (χ4v) is 6.85. The number of benzene rings is 1. The van der Waals surface area contributed by atoms with Crippen LogP contribution in [0.15, 0.2) is 35.7 Å². The van der Waals surface area contributed by atoms with Gasteiger partial charge in [0, 0.05) is 31.6 Å². The molecule has 14 heteroatoms. The Morgan fingerprint density at radius 2 is 1.69 bits per heavy atom. The Hall–Kier alpha value is -4.04. The molecule has 0 unspecified atom stereocenters. The van der Waals surface area contributed by atoms with Crippen molar-refractivity contribution in [3.05, 3.63) is 52.0 Å². The number of aromatic nitrogens is 1. The number of urea groups is 1. The van der Waals surface area contributed by atoms with E-state index in [-0.39, 0.29) is 54.3 Å². The van der Waals surface area contributed by atoms with E-state index in [9.17, 15) is 29.1 Å². The van der Waals surface area contributed by atoms with E-state index < -0.39 is 42.0 Å². The zero-order valence-corrected chi connectivity index (χ0v) is 31.8. The highest BCUT2D eigenvalue weighted by Crippen LogP contribution is 2.26. The van der Waals surface area contributed by atoms with Crippen LogP contribution in [0.5, 0.6) is 0 Å². The first-order valence-electron chi connectivity index (χ1n) is 18.0. The van der Waals surface area contributed by atoms with Crippen molar-refractivity contribution in [3.8, 4) is 0 Å². The summed E-state index contributed by atoms with van der Waals surface area (Å²) in [5.74, 6) is -2.67. The molecular weight excluding hydrogens is 671 g/mol. The number of piperidine rings is 1. The predicted octanol–water partition coefficient (Wildman–Crippen LogP) is 4.11. The van der Waals surface area contributed by atoms with Crippen LogP contribution < -0.4 is 26.6 Å². The van der Waals surface area contributed by atoms with Crippen LogP contribution in [0.2, 0.25) is 0 Å². The van der Waals surface area contributed by atoms with Crippen LogP contribution in [0.1, 0.15) is 100 Å². The number of aliphatic carboxylic acids is 1. The van der Waals surface area contributed by atoms with E-state index >= 15 is 0 Å². The largest absolute Gasteiger partial charge is 0.481 e. The molecule has 0 saturated carbocycles. The van der Waals surface area contributed by atoms with Gasteiger partial charge in [0.25, 0.3) is 5.91 Å². The molecule has 5 amide bonds. The summed E-state index contributed by atoms with van der Waals surface area (Å²) in [4.78, 5) is 71.1. The van der Waals surface area contributed by atoms with Gasteiger partial charge in [0.15, 0.2) is 0 Å². The molecule has 1 aliphatic rings. The fourth-order valence-electron chi connectivity index (χ4n) is 5.99. The highest BCUT2D eigenvalue weighted by atomic mass is 32.1. The van der Waals surface area contributed by atoms with Gasteiger partial charge in [0.2, 0.25) is 11.8 Å². The fraction of sp³-hybridized carbons (Fsp3) is 0.622. The second kappa shape index (κ2) is 20.1. The standard InChI is InChI=1S/C37H57N7O6S/c1-8-23(4)31(43-32(45)27-16-12-13-17-38-27)34(47)40-28(22(2)3)20-29(42-37(50)44(6)7)35-41-30(21-51-35)33(46)39-26(18-24(5)36(48)49)19-25-14-10-9-11-15-25/h9-11,14-15,21-24,26-29,31,38H,8,12-13,16-20H2,1-7H3,(H,39,46)(H,40,47)(H,42,50)(H,43,45)(H,48,49)/t23-,24-,26+,27+,28+,29+,31-/m0/s1. The minimum atomic E-state index is -0.941. The molecule has 51 heavy (non-hydrogen) atoms. The molecule has 0 spiro atoms. The Morgan fingerprint density at radius 1 is 0.980 bits per heavy atom. The molecule has 3 rings (SSSR count). The minimum absolute atomic E-state index is 0.0429. The van der Waals surface area contributed by atoms with E-state index in [0.29, 0.717) is 17.8 Å². The molecule has 1 fully saturated rings. The van der Waals surface area contributed by atoms with E-state index in [1.807, 2.05) is 58.0 Å². The number of carboxylic acid groups (broad SMARTS) is 1. The van der Waals surface area contributed by atoms with Crippen molar-refractivity contribution in [1.29, 1.82) is 0 Å². The summed E-state index contributed by atoms with van der Waals surface area (Å²) < 4.78 is 0. The van der Waals surface area contributed by atoms with Crippen LogP contribution in [0, 0.1) is 17.8 Å². The van der Waals surface area contributed by atoms with Gasteiger partial charge in [-0.3, -0.25) is 19.2 Å². The van der Waals surface area contributed by atoms with Gasteiger partial charge in [-0.05, 0) is 56.0 Å². The lowest BCUT2D eigenvalue weighted by atomic mass is 9.93. The average Bonchev–Trinajstić information content (AvgIpc) is 3.60. The molecule has 13 nitrogen and oxygen atoms in total. The van der Waals surface area contributed by atoms with E-state index in [1.54, 1.807) is 26.4 Å². The molecule has 7 atom stereocenters. The maximum Gasteiger partial charge on any atom is 0.317 e. The summed E-state index contributed by atoms with van der Waals surface area (Å²) in [6.45, 7) is 10.3. The average molecular weight is 728 g/mol. The Bertz CT molecular complexity index is 1450. The molecule has 1 aromatic carbocycles. The number of hydrogen-bond donors (Lipinski definition) is 6. The Kier molecular flexibility index (Phi) is 16.3. The monoisotopic (exact) mass is 727 g/mol. The molecule has 1 aliphatic heterocycles. The number of rotatable bonds is 18. The van der Waals surface area contributed by atoms with Crippen molar-refractivity contribution in [2.24, 2.45) is 17.8 Å². The minimum Gasteiger partial charge on any atom is -0.481 e. The van der Waals surface area contributed by atoms with Gasteiger partial charge in [0.1, 0.15) is 16.7 Å². The van der Waals surface area contributed by atoms with Crippen LogP contribution >= 0.6 is 11.3 Å². The molecule has 1 aromatic heterocycles. The maximum absolute atomic E-state index is 13.8. The first kappa shape index (κ1) is 41.4. The number of amides is 5. The highest BCUT2D eigenvalue weighted by molar-refractivity contribution is 7.09. The number of nitrogens with zero attached hydrogens (tertiary/aromatic N) is 2. The maximum atomic E-state index is 13.8. The Morgan fingerprint density at radius 3 is 2.27 bits per heavy atom. The lowest BCUT2D eigenvalue weighted by Crippen LogP contribution is -2.57. The van der Waals surface area contributed by atoms with Gasteiger partial charge in [0.05, 0.1) is 18.0 Å². The van der Waals surface area contributed by atoms with Crippen LogP contribution in [-0.4, -0.2) is 89.5 Å². The zero-order valence-electron chi connectivity index (χ0n) is 31.0. The summed E-state index contributed by atoms with van der Waals surface area (Å²) in [7, 11) is 3.25. The van der Waals surface area contributed by atoms with Crippen molar-refractivity contribution in [2.45, 2.75) is 110 Å². The third kappa shape index (κ3) is 12.9. The van der Waals surface area contributed by atoms with E-state index in [2.05, 4.69) is 31.6 Å². The number of hydrogen-bond acceptors (Lipinski definition) is 8. The van der Waals surface area contributed by atoms with Gasteiger partial charge in [-0.2, -0.15) is 0 Å². The number of nitrogens with one attached hydrogen (secondary N) is 5. The van der Waals surface area contributed by atoms with E-state index in [0.717, 1.165) is 31.4 Å². The highest BCUT2D eigenvalue weighted by Gasteiger charge is 2.33. The molecule has 1 saturated heterocycles. The van der Waals surface area contributed by atoms with Crippen molar-refractivity contribution >= 4 is 41.1 Å². The Balaban J connectivity index is 1.81. The molecule has 0 bridgehead atoms. The van der Waals surface area contributed by atoms with Crippen LogP contribution in [0.4, 0.5) is 4.79 Å². The predicted molar refractivity (Wildman–Crippen MR) is 198 cm³/mol. The molecule has 0 radical (unpaired) electrons. The van der Waals surface area contributed by atoms with Crippen molar-refractivity contribution in [3.63, 3.8) is 0 Å². The number of carbonyl (C=O) groups is 5. The zero-order chi connectivity index (χ0) is 37.7. The smallest absolute Gasteiger partial charge is 0.317 e. The lowest BCUT2D eigenvalue weighted by molar-refractivity contribution is -0.141. The summed E-state index contributed by atoms with van der Waals surface area (Å²) in [6, 6.07) is 6.63. The second-order valence-corrected chi connectivity index (χ2v) is 15.2. The molecule has 2 aromatic rings. The third-order valence-corrected chi connectivity index (χ3v) is 10.5. The SMILES string of the molecule is CC[C@H](C)[C@H](NC(=O)[C@H]1CCCCN1)C(=O)N[C@H](C[C@@H](NC(=O)N(C)C)c1nc(C(=O)N[C@@H](Cc2ccccc2)C[C@H](C)C(=O)O)cs1)C(C)C. The topological polar surface area (TPSA) is 182 Å². The summed E-state index contributed by atoms with van der Waals surface area (Å²) >= 11 is 1.23. The normalized spacial score (nSPS) is 18.0. The molecule has 6 N–H and O–H groups in total. The molecule has 2 heterocycles. The summed E-state index contributed by atoms with van der Waals surface area (Å²) in [5.41, 5.74) is 1.12. The molecule has 0 aliphatic carbocycles. The van der Waals surface area contributed by atoms with Crippen molar-refractivity contribution in [2.75, 3.05) is 20.6 Å². The quantitative estimate of drug-likeness (QED) is 0.133.